The molecule has 0 aliphatic rings. The Morgan fingerprint density at radius 3 is 1.90 bits per heavy atom. The van der Waals surface area contributed by atoms with Gasteiger partial charge in [-0.1, -0.05) is 48.2 Å². The molecule has 0 spiro atoms. The van der Waals surface area contributed by atoms with Gasteiger partial charge in [-0.2, -0.15) is 0 Å². The molecule has 1 amide bonds. The standard InChI is InChI=1S/C13H11NO2.C6H6N2O.C2H6OS.Cu.H2O/c15-12-7-3-1-5-10(12)9-14-11-6-2-4-8-13(11)16;7-6(9)5-1-3-8-4-2-5;1-4(2)3;;/h1-9,15-16H;1-4H,(H2,7,9);1-2H3;;1H2/q;;;+2;/p-2. The van der Waals surface area contributed by atoms with Crippen molar-refractivity contribution in [3.8, 4) is 11.5 Å². The fourth-order valence-electron chi connectivity index (χ4n) is 1.81. The van der Waals surface area contributed by atoms with E-state index in [0.29, 0.717) is 16.8 Å². The van der Waals surface area contributed by atoms with Gasteiger partial charge in [0, 0.05) is 47.5 Å². The summed E-state index contributed by atoms with van der Waals surface area (Å²) in [6.07, 6.45) is 7.75. The van der Waals surface area contributed by atoms with E-state index in [4.69, 9.17) is 5.73 Å². The third-order valence-corrected chi connectivity index (χ3v) is 3.09. The molecule has 0 unspecified atom stereocenters. The molecule has 0 aliphatic carbocycles. The molecule has 0 aliphatic heterocycles. The number of nitrogens with two attached hydrogens (primary N) is 1. The Morgan fingerprint density at radius 2 is 1.45 bits per heavy atom. The number of para-hydroxylation sites is 3. The topological polar surface area (TPSA) is 163 Å². The van der Waals surface area contributed by atoms with Crippen molar-refractivity contribution in [3.63, 3.8) is 0 Å². The van der Waals surface area contributed by atoms with Crippen molar-refractivity contribution in [1.82, 2.24) is 4.98 Å². The van der Waals surface area contributed by atoms with Crippen LogP contribution in [-0.2, 0) is 27.9 Å². The van der Waals surface area contributed by atoms with Gasteiger partial charge in [0.05, 0.1) is 5.69 Å². The summed E-state index contributed by atoms with van der Waals surface area (Å²) in [6.45, 7) is 0. The molecule has 1 aromatic heterocycles. The monoisotopic (exact) mass is 492 g/mol. The van der Waals surface area contributed by atoms with Crippen molar-refractivity contribution >= 4 is 28.6 Å². The number of benzene rings is 2. The van der Waals surface area contributed by atoms with E-state index >= 15 is 0 Å². The number of nitrogens with zero attached hydrogens (tertiary/aromatic N) is 2. The number of hydrogen-bond acceptors (Lipinski definition) is 6. The van der Waals surface area contributed by atoms with E-state index in [1.54, 1.807) is 61.0 Å². The predicted octanol–water partition coefficient (Wildman–Crippen LogP) is 0.932. The Kier molecular flexibility index (Phi) is 16.3. The number of hydrogen-bond donors (Lipinski definition) is 1. The van der Waals surface area contributed by atoms with Crippen molar-refractivity contribution < 1.29 is 41.8 Å². The van der Waals surface area contributed by atoms with Gasteiger partial charge < -0.3 is 21.4 Å². The first-order valence-corrected chi connectivity index (χ1v) is 10.3. The van der Waals surface area contributed by atoms with Crippen molar-refractivity contribution in [1.29, 1.82) is 0 Å². The summed E-state index contributed by atoms with van der Waals surface area (Å²) in [5, 5.41) is 22.7. The zero-order valence-corrected chi connectivity index (χ0v) is 18.6. The number of primary amides is 1. The number of carbonyl (C=O) groups is 1. The van der Waals surface area contributed by atoms with Crippen LogP contribution in [0, 0.1) is 0 Å². The number of amides is 1. The van der Waals surface area contributed by atoms with Gasteiger partial charge in [-0.25, -0.2) is 0 Å². The number of rotatable bonds is 3. The maximum atomic E-state index is 11.4. The van der Waals surface area contributed by atoms with Gasteiger partial charge in [-0.05, 0) is 23.8 Å². The molecular weight excluding hydrogens is 470 g/mol. The van der Waals surface area contributed by atoms with Crippen molar-refractivity contribution in [3.05, 3.63) is 84.2 Å². The largest absolute Gasteiger partial charge is 2.00 e. The maximum absolute atomic E-state index is 11.4. The molecule has 0 bridgehead atoms. The summed E-state index contributed by atoms with van der Waals surface area (Å²) in [5.41, 5.74) is 6.25. The minimum absolute atomic E-state index is 0. The van der Waals surface area contributed by atoms with Crippen LogP contribution >= 0.6 is 0 Å². The molecule has 1 heterocycles. The summed E-state index contributed by atoms with van der Waals surface area (Å²) < 4.78 is 9.56. The van der Waals surface area contributed by atoms with Gasteiger partial charge >= 0.3 is 17.1 Å². The van der Waals surface area contributed by atoms with Crippen LogP contribution in [0.5, 0.6) is 11.5 Å². The summed E-state index contributed by atoms with van der Waals surface area (Å²) >= 11 is 0. The Bertz CT molecular complexity index is 920. The third-order valence-electron chi connectivity index (χ3n) is 3.09. The van der Waals surface area contributed by atoms with E-state index in [0.717, 1.165) is 0 Å². The number of aromatic nitrogens is 1. The second-order valence-electron chi connectivity index (χ2n) is 5.61. The van der Waals surface area contributed by atoms with Gasteiger partial charge in [0.25, 0.3) is 0 Å². The SMILES string of the molecule is CS(C)=O.NC(=O)c1ccncc1.O.[Cu+2].[O-]c1ccccc1C=Nc1ccccc1[O-]. The summed E-state index contributed by atoms with van der Waals surface area (Å²) in [7, 11) is -0.611. The second kappa shape index (κ2) is 16.7. The molecule has 2 aromatic carbocycles. The summed E-state index contributed by atoms with van der Waals surface area (Å²) in [4.78, 5) is 18.1. The summed E-state index contributed by atoms with van der Waals surface area (Å²) in [5.74, 6) is -0.672. The molecule has 4 N–H and O–H groups in total. The van der Waals surface area contributed by atoms with Crippen molar-refractivity contribution in [2.75, 3.05) is 12.5 Å². The van der Waals surface area contributed by atoms with E-state index in [2.05, 4.69) is 9.98 Å². The zero-order valence-electron chi connectivity index (χ0n) is 16.8. The third kappa shape index (κ3) is 13.0. The fraction of sp³-hybridized carbons (Fsp3) is 0.0952. The Hall–Kier alpha value is -3.04. The van der Waals surface area contributed by atoms with E-state index in [1.165, 1.54) is 30.7 Å². The molecule has 1 radical (unpaired) electrons. The maximum Gasteiger partial charge on any atom is 2.00 e. The van der Waals surface area contributed by atoms with Crippen LogP contribution in [-0.4, -0.2) is 39.3 Å². The predicted molar refractivity (Wildman–Crippen MR) is 115 cm³/mol. The van der Waals surface area contributed by atoms with E-state index in [1.807, 2.05) is 0 Å². The van der Waals surface area contributed by atoms with Crippen LogP contribution in [0.15, 0.2) is 78.0 Å². The van der Waals surface area contributed by atoms with Crippen molar-refractivity contribution in [2.45, 2.75) is 0 Å². The molecule has 3 rings (SSSR count). The first-order valence-electron chi connectivity index (χ1n) is 8.32. The smallest absolute Gasteiger partial charge is 0.872 e. The normalized spacial score (nSPS) is 9.26. The first-order chi connectivity index (χ1) is 13.8. The fourth-order valence-corrected chi connectivity index (χ4v) is 1.81. The Balaban J connectivity index is 0. The minimum Gasteiger partial charge on any atom is -0.872 e. The van der Waals surface area contributed by atoms with Crippen LogP contribution in [0.2, 0.25) is 0 Å². The van der Waals surface area contributed by atoms with Crippen LogP contribution in [0.1, 0.15) is 15.9 Å². The quantitative estimate of drug-likeness (QED) is 0.424. The molecule has 10 heteroatoms. The van der Waals surface area contributed by atoms with Crippen LogP contribution in [0.25, 0.3) is 0 Å². The molecule has 3 aromatic rings. The number of pyridine rings is 1. The van der Waals surface area contributed by atoms with Crippen LogP contribution in [0.4, 0.5) is 5.69 Å². The first kappa shape index (κ1) is 30.2. The van der Waals surface area contributed by atoms with Gasteiger partial charge in [0.2, 0.25) is 5.91 Å². The average molecular weight is 493 g/mol. The molecule has 0 saturated carbocycles. The van der Waals surface area contributed by atoms with Gasteiger partial charge in [-0.15, -0.1) is 5.75 Å². The second-order valence-corrected chi connectivity index (χ2v) is 7.09. The average Bonchev–Trinajstić information content (AvgIpc) is 2.69. The molecule has 169 valence electrons. The van der Waals surface area contributed by atoms with Crippen LogP contribution in [0.3, 0.4) is 0 Å². The number of aliphatic imine (C=N–C) groups is 1. The van der Waals surface area contributed by atoms with Gasteiger partial charge in [-0.3, -0.25) is 19.0 Å². The molecular formula is C21H23CuN3O5S. The molecule has 31 heavy (non-hydrogen) atoms. The van der Waals surface area contributed by atoms with E-state index in [-0.39, 0.29) is 34.0 Å². The number of carbonyl (C=O) groups excluding carboxylic acids is 1. The Morgan fingerprint density at radius 1 is 0.968 bits per heavy atom. The zero-order chi connectivity index (χ0) is 21.6. The van der Waals surface area contributed by atoms with Crippen molar-refractivity contribution in [2.24, 2.45) is 10.7 Å². The Labute approximate surface area is 194 Å². The minimum atomic E-state index is -0.611. The summed E-state index contributed by atoms with van der Waals surface area (Å²) in [6, 6.07) is 16.1. The molecule has 8 nitrogen and oxygen atoms in total. The van der Waals surface area contributed by atoms with Crippen LogP contribution < -0.4 is 15.9 Å². The molecule has 0 saturated heterocycles. The molecule has 0 atom stereocenters. The molecule has 0 fully saturated rings. The van der Waals surface area contributed by atoms with Gasteiger partial charge in [0.15, 0.2) is 0 Å². The van der Waals surface area contributed by atoms with E-state index in [9.17, 15) is 19.2 Å². The van der Waals surface area contributed by atoms with Gasteiger partial charge in [0.1, 0.15) is 0 Å². The van der Waals surface area contributed by atoms with E-state index < -0.39 is 16.7 Å².